The van der Waals surface area contributed by atoms with E-state index in [9.17, 15) is 4.79 Å². The molecule has 4 heteroatoms. The Kier molecular flexibility index (Phi) is 1.62. The minimum Gasteiger partial charge on any atom is -0.393 e. The Hall–Kier alpha value is -1.97. The highest BCUT2D eigenvalue weighted by Gasteiger charge is 2.12. The number of hydrogen-bond donors (Lipinski definition) is 1. The lowest BCUT2D eigenvalue weighted by molar-refractivity contribution is 0.630. The van der Waals surface area contributed by atoms with Crippen LogP contribution in [0.1, 0.15) is 5.69 Å². The van der Waals surface area contributed by atoms with E-state index in [1.54, 1.807) is 18.7 Å². The number of rotatable bonds is 2. The number of nitrogens with zero attached hydrogens (tertiary/aromatic N) is 2. The van der Waals surface area contributed by atoms with Crippen LogP contribution in [0.5, 0.6) is 0 Å². The molecule has 4 nitrogen and oxygen atoms in total. The second kappa shape index (κ2) is 3.31. The molecule has 0 fully saturated rings. The summed E-state index contributed by atoms with van der Waals surface area (Å²) in [5.74, 6) is 0. The van der Waals surface area contributed by atoms with Gasteiger partial charge in [0.25, 0.3) is 5.56 Å². The third kappa shape index (κ3) is 1.34. The predicted octanol–water partition coefficient (Wildman–Crippen LogP) is 1.07. The van der Waals surface area contributed by atoms with Gasteiger partial charge in [-0.2, -0.15) is 0 Å². The standard InChI is InChI=1S/C11H13N3O/c1-8-10(12)11(15)14(13(8)2)9-6-4-3-5-7-9/h3-7H,12H2,1-2H3/i/hD2. The maximum Gasteiger partial charge on any atom is 0.294 e. The fraction of sp³-hybridized carbons (Fsp3) is 0.182. The molecule has 0 aliphatic rings. The molecule has 0 aliphatic carbocycles. The minimum atomic E-state index is -0.360. The molecule has 0 aliphatic heterocycles. The van der Waals surface area contributed by atoms with Crippen LogP contribution in [0.4, 0.5) is 5.69 Å². The number of para-hydroxylation sites is 1. The zero-order valence-corrected chi connectivity index (χ0v) is 8.64. The van der Waals surface area contributed by atoms with Gasteiger partial charge in [-0.1, -0.05) is 18.2 Å². The molecule has 2 aromatic rings. The lowest BCUT2D eigenvalue weighted by Gasteiger charge is -2.07. The van der Waals surface area contributed by atoms with E-state index < -0.39 is 0 Å². The largest absolute Gasteiger partial charge is 0.393 e. The Bertz CT molecular complexity index is 587. The summed E-state index contributed by atoms with van der Waals surface area (Å²) in [6.07, 6.45) is 0. The third-order valence-corrected chi connectivity index (χ3v) is 2.52. The molecule has 0 unspecified atom stereocenters. The first-order valence-electron chi connectivity index (χ1n) is 5.55. The minimum absolute atomic E-state index is 0.0661. The SMILES string of the molecule is [2H]N([2H])c1c(C)n(C)n(-c2ccccc2)c1=O. The molecule has 0 bridgehead atoms. The number of nitrogen functional groups attached to an aromatic ring is 1. The molecule has 0 amide bonds. The van der Waals surface area contributed by atoms with Crippen molar-refractivity contribution in [3.8, 4) is 5.69 Å². The summed E-state index contributed by atoms with van der Waals surface area (Å²) in [7, 11) is 1.73. The van der Waals surface area contributed by atoms with E-state index in [0.29, 0.717) is 11.4 Å². The van der Waals surface area contributed by atoms with Crippen LogP contribution in [0.25, 0.3) is 5.69 Å². The van der Waals surface area contributed by atoms with Crippen LogP contribution in [-0.2, 0) is 7.05 Å². The zero-order chi connectivity index (χ0) is 12.6. The van der Waals surface area contributed by atoms with Gasteiger partial charge < -0.3 is 5.72 Å². The van der Waals surface area contributed by atoms with E-state index in [4.69, 9.17) is 2.82 Å². The summed E-state index contributed by atoms with van der Waals surface area (Å²) < 4.78 is 17.6. The van der Waals surface area contributed by atoms with Gasteiger partial charge in [-0.05, 0) is 19.1 Å². The van der Waals surface area contributed by atoms with E-state index in [-0.39, 0.29) is 11.2 Å². The Morgan fingerprint density at radius 2 is 2.00 bits per heavy atom. The van der Waals surface area contributed by atoms with E-state index in [1.165, 1.54) is 4.68 Å². The number of nitrogens with two attached hydrogens (primary N) is 1. The molecule has 2 N–H and O–H groups in total. The van der Waals surface area contributed by atoms with Crippen LogP contribution in [-0.4, -0.2) is 9.36 Å². The fourth-order valence-corrected chi connectivity index (χ4v) is 1.55. The van der Waals surface area contributed by atoms with Crippen LogP contribution < -0.4 is 11.3 Å². The lowest BCUT2D eigenvalue weighted by atomic mass is 10.3. The third-order valence-electron chi connectivity index (χ3n) is 2.52. The highest BCUT2D eigenvalue weighted by Crippen LogP contribution is 2.10. The Morgan fingerprint density at radius 1 is 1.33 bits per heavy atom. The first-order chi connectivity index (χ1) is 8.04. The molecule has 1 aromatic carbocycles. The maximum absolute atomic E-state index is 12.1. The van der Waals surface area contributed by atoms with Crippen LogP contribution in [0, 0.1) is 6.92 Å². The summed E-state index contributed by atoms with van der Waals surface area (Å²) in [6, 6.07) is 9.16. The molecule has 0 saturated heterocycles. The number of benzene rings is 1. The van der Waals surface area contributed by atoms with Crippen molar-refractivity contribution in [1.82, 2.24) is 9.36 Å². The Balaban J connectivity index is 2.73. The number of anilines is 1. The van der Waals surface area contributed by atoms with Crippen molar-refractivity contribution in [3.05, 3.63) is 46.4 Å². The Morgan fingerprint density at radius 3 is 2.53 bits per heavy atom. The van der Waals surface area contributed by atoms with E-state index in [0.717, 1.165) is 5.69 Å². The van der Waals surface area contributed by atoms with Gasteiger partial charge in [0.05, 0.1) is 11.4 Å². The normalized spacial score (nSPS) is 12.1. The molecule has 0 spiro atoms. The maximum atomic E-state index is 12.1. The molecule has 0 saturated carbocycles. The van der Waals surface area contributed by atoms with Crippen LogP contribution in [0.2, 0.25) is 2.82 Å². The van der Waals surface area contributed by atoms with Gasteiger partial charge in [0.1, 0.15) is 5.69 Å². The van der Waals surface area contributed by atoms with E-state index in [2.05, 4.69) is 0 Å². The second-order valence-corrected chi connectivity index (χ2v) is 3.41. The monoisotopic (exact) mass is 205 g/mol. The Labute approximate surface area is 90.5 Å². The van der Waals surface area contributed by atoms with Crippen molar-refractivity contribution in [2.24, 2.45) is 7.05 Å². The van der Waals surface area contributed by atoms with Crippen molar-refractivity contribution in [1.29, 1.82) is 0 Å². The lowest BCUT2D eigenvalue weighted by Crippen LogP contribution is -2.20. The number of hydrogen-bond acceptors (Lipinski definition) is 2. The molecule has 1 heterocycles. The van der Waals surface area contributed by atoms with Gasteiger partial charge in [0, 0.05) is 7.05 Å². The van der Waals surface area contributed by atoms with Gasteiger partial charge in [-0.15, -0.1) is 0 Å². The molecule has 1 aromatic heterocycles. The molecule has 0 atom stereocenters. The van der Waals surface area contributed by atoms with Gasteiger partial charge >= 0.3 is 0 Å². The van der Waals surface area contributed by atoms with Crippen LogP contribution >= 0.6 is 0 Å². The predicted molar refractivity (Wildman–Crippen MR) is 60.2 cm³/mol. The zero-order valence-electron chi connectivity index (χ0n) is 10.6. The van der Waals surface area contributed by atoms with E-state index >= 15 is 0 Å². The van der Waals surface area contributed by atoms with Crippen molar-refractivity contribution < 1.29 is 2.82 Å². The first-order valence-corrected chi connectivity index (χ1v) is 4.66. The molecule has 78 valence electrons. The van der Waals surface area contributed by atoms with Crippen molar-refractivity contribution in [2.45, 2.75) is 6.92 Å². The summed E-state index contributed by atoms with van der Waals surface area (Å²) in [5.41, 5.74) is 1.37. The summed E-state index contributed by atoms with van der Waals surface area (Å²) in [5, 5.41) is 0. The number of aromatic nitrogens is 2. The molecule has 0 radical (unpaired) electrons. The smallest absolute Gasteiger partial charge is 0.294 e. The van der Waals surface area contributed by atoms with E-state index in [1.807, 2.05) is 30.3 Å². The van der Waals surface area contributed by atoms with Gasteiger partial charge in [-0.25, -0.2) is 4.68 Å². The van der Waals surface area contributed by atoms with Gasteiger partial charge in [0.2, 0.25) is 0 Å². The molecule has 15 heavy (non-hydrogen) atoms. The summed E-state index contributed by atoms with van der Waals surface area (Å²) >= 11 is 0. The van der Waals surface area contributed by atoms with Crippen molar-refractivity contribution >= 4 is 5.69 Å². The first kappa shape index (κ1) is 7.34. The summed E-state index contributed by atoms with van der Waals surface area (Å²) in [6.45, 7) is 1.71. The van der Waals surface area contributed by atoms with Gasteiger partial charge in [-0.3, -0.25) is 9.48 Å². The highest BCUT2D eigenvalue weighted by atomic mass is 16.1. The van der Waals surface area contributed by atoms with Crippen molar-refractivity contribution in [3.63, 3.8) is 0 Å². The fourth-order valence-electron chi connectivity index (χ4n) is 1.55. The summed E-state index contributed by atoms with van der Waals surface area (Å²) in [4.78, 5) is 12.1. The highest BCUT2D eigenvalue weighted by molar-refractivity contribution is 5.44. The molecule has 2 rings (SSSR count). The second-order valence-electron chi connectivity index (χ2n) is 3.41. The topological polar surface area (TPSA) is 52.9 Å². The molecular weight excluding hydrogens is 190 g/mol. The average Bonchev–Trinajstić information content (AvgIpc) is 2.51. The molecular formula is C11H13N3O. The van der Waals surface area contributed by atoms with Crippen LogP contribution in [0.15, 0.2) is 35.1 Å². The van der Waals surface area contributed by atoms with Crippen LogP contribution in [0.3, 0.4) is 0 Å². The van der Waals surface area contributed by atoms with Gasteiger partial charge in [0.15, 0.2) is 2.82 Å². The quantitative estimate of drug-likeness (QED) is 0.797. The average molecular weight is 205 g/mol. The van der Waals surface area contributed by atoms with Crippen molar-refractivity contribution in [2.75, 3.05) is 5.72 Å².